The summed E-state index contributed by atoms with van der Waals surface area (Å²) in [6.45, 7) is 0. The van der Waals surface area contributed by atoms with E-state index in [2.05, 4.69) is 20.7 Å². The Morgan fingerprint density at radius 3 is 2.38 bits per heavy atom. The maximum atomic E-state index is 14.1. The molecule has 6 unspecified atom stereocenters. The molecule has 6 atom stereocenters. The third kappa shape index (κ3) is 4.61. The molecule has 2 aromatic rings. The van der Waals surface area contributed by atoms with Crippen LogP contribution in [0.3, 0.4) is 0 Å². The minimum atomic E-state index is -5.11. The number of benzene rings is 2. The van der Waals surface area contributed by atoms with E-state index >= 15 is 0 Å². The highest BCUT2D eigenvalue weighted by Crippen LogP contribution is 2.66. The molecule has 6 rings (SSSR count). The molecule has 2 heterocycles. The number of ether oxygens (including phenoxy) is 1. The normalized spacial score (nSPS) is 31.1. The first-order valence-corrected chi connectivity index (χ1v) is 15.4. The molecule has 1 saturated carbocycles. The van der Waals surface area contributed by atoms with Gasteiger partial charge >= 0.3 is 13.5 Å². The van der Waals surface area contributed by atoms with E-state index in [1.54, 1.807) is 6.08 Å². The van der Waals surface area contributed by atoms with Crippen LogP contribution in [0.25, 0.3) is 0 Å². The Hall–Kier alpha value is -3.11. The molecule has 2 aliphatic heterocycles. The molecule has 0 aromatic heterocycles. The van der Waals surface area contributed by atoms with E-state index in [0.29, 0.717) is 0 Å². The van der Waals surface area contributed by atoms with Crippen molar-refractivity contribution in [2.75, 3.05) is 10.4 Å². The first-order chi connectivity index (χ1) is 21.0. The summed E-state index contributed by atoms with van der Waals surface area (Å²) >= 11 is 17.2. The summed E-state index contributed by atoms with van der Waals surface area (Å²) in [4.78, 5) is 52.3. The minimum Gasteiger partial charge on any atom is -0.508 e. The highest BCUT2D eigenvalue weighted by molar-refractivity contribution is 9.09. The molecule has 17 heteroatoms. The summed E-state index contributed by atoms with van der Waals surface area (Å²) < 4.78 is 43.5. The van der Waals surface area contributed by atoms with Crippen molar-refractivity contribution in [2.45, 2.75) is 34.9 Å². The fourth-order valence-electron chi connectivity index (χ4n) is 7.14. The first kappa shape index (κ1) is 31.9. The van der Waals surface area contributed by atoms with Gasteiger partial charge in [0.2, 0.25) is 11.8 Å². The van der Waals surface area contributed by atoms with Crippen LogP contribution in [-0.2, 0) is 19.2 Å². The molecular weight excluding hydrogens is 711 g/mol. The lowest BCUT2D eigenvalue weighted by Crippen LogP contribution is -2.60. The molecule has 236 valence electrons. The van der Waals surface area contributed by atoms with E-state index in [4.69, 9.17) is 23.2 Å². The number of phenolic OH excluding ortho intramolecular Hbond substituents is 1. The lowest BCUT2D eigenvalue weighted by atomic mass is 9.56. The predicted molar refractivity (Wildman–Crippen MR) is 157 cm³/mol. The van der Waals surface area contributed by atoms with Gasteiger partial charge in [0.15, 0.2) is 9.75 Å². The molecule has 2 aromatic carbocycles. The zero-order chi connectivity index (χ0) is 32.8. The van der Waals surface area contributed by atoms with Crippen molar-refractivity contribution in [3.63, 3.8) is 0 Å². The van der Waals surface area contributed by atoms with E-state index in [1.807, 2.05) is 0 Å². The number of carbonyl (C=O) groups excluding carboxylic acids is 4. The number of halogens is 6. The standard InChI is InChI=1S/C28H21BBrCl2F3N2O8/c30-11-36-24(41)26(31)10-18-15(21(27(26,32)25(36)42)17-9-14(4-7-19(17)38)45-28(33,34)35)5-6-16-20(18)23(40)37(22(16)39)13-3-1-2-12(8-13)29(43)44/h1-5,7-9,16,18,20-21,38,43-44H,6,10-11H2. The van der Waals surface area contributed by atoms with Crippen LogP contribution in [0.4, 0.5) is 18.9 Å². The SMILES string of the molecule is O=C1C2CC=C3C(CC4(Cl)C(=O)N(CBr)C(=O)C4(Cl)C3c3cc(OC(F)(F)F)ccc3O)C2C(=O)N1c1cccc(B(O)O)c1. The van der Waals surface area contributed by atoms with Crippen molar-refractivity contribution >= 4 is 81.0 Å². The molecule has 0 bridgehead atoms. The largest absolute Gasteiger partial charge is 0.573 e. The molecule has 3 fully saturated rings. The zero-order valence-electron chi connectivity index (χ0n) is 22.7. The monoisotopic (exact) mass is 730 g/mol. The van der Waals surface area contributed by atoms with Crippen molar-refractivity contribution in [1.29, 1.82) is 0 Å². The maximum Gasteiger partial charge on any atom is 0.573 e. The highest BCUT2D eigenvalue weighted by Gasteiger charge is 2.76. The number of alkyl halides is 6. The summed E-state index contributed by atoms with van der Waals surface area (Å²) in [5, 5.41) is 30.2. The number of likely N-dealkylation sites (tertiary alicyclic amines) is 1. The number of phenols is 1. The summed E-state index contributed by atoms with van der Waals surface area (Å²) in [6.07, 6.45) is -4.00. The molecule has 0 radical (unpaired) electrons. The van der Waals surface area contributed by atoms with Crippen molar-refractivity contribution in [3.8, 4) is 11.5 Å². The Morgan fingerprint density at radius 1 is 1.02 bits per heavy atom. The number of hydrogen-bond acceptors (Lipinski definition) is 8. The molecule has 4 amide bonds. The van der Waals surface area contributed by atoms with Crippen molar-refractivity contribution in [1.82, 2.24) is 4.90 Å². The first-order valence-electron chi connectivity index (χ1n) is 13.5. The third-order valence-electron chi connectivity index (χ3n) is 8.98. The van der Waals surface area contributed by atoms with Crippen LogP contribution in [-0.4, -0.2) is 72.4 Å². The van der Waals surface area contributed by atoms with Crippen LogP contribution in [0.2, 0.25) is 0 Å². The Kier molecular flexibility index (Phi) is 7.59. The Labute approximate surface area is 271 Å². The number of rotatable bonds is 5. The number of fused-ring (bicyclic) bond motifs is 4. The van der Waals surface area contributed by atoms with Crippen LogP contribution >= 0.6 is 39.1 Å². The summed E-state index contributed by atoms with van der Waals surface area (Å²) in [7, 11) is -1.88. The van der Waals surface area contributed by atoms with Gasteiger partial charge in [0.25, 0.3) is 11.8 Å². The van der Waals surface area contributed by atoms with Crippen LogP contribution in [0, 0.1) is 17.8 Å². The number of nitrogens with zero attached hydrogens (tertiary/aromatic N) is 2. The van der Waals surface area contributed by atoms with Gasteiger partial charge in [-0.1, -0.05) is 39.7 Å². The van der Waals surface area contributed by atoms with E-state index in [9.17, 15) is 47.5 Å². The van der Waals surface area contributed by atoms with Crippen molar-refractivity contribution in [2.24, 2.45) is 17.8 Å². The predicted octanol–water partition coefficient (Wildman–Crippen LogP) is 2.89. The smallest absolute Gasteiger partial charge is 0.508 e. The lowest BCUT2D eigenvalue weighted by Gasteiger charge is -2.50. The Bertz CT molecular complexity index is 1690. The van der Waals surface area contributed by atoms with E-state index in [0.717, 1.165) is 28.0 Å². The Balaban J connectivity index is 1.52. The van der Waals surface area contributed by atoms with Gasteiger partial charge < -0.3 is 19.9 Å². The van der Waals surface area contributed by atoms with Crippen LogP contribution in [0.5, 0.6) is 11.5 Å². The van der Waals surface area contributed by atoms with Crippen LogP contribution in [0.15, 0.2) is 54.1 Å². The fourth-order valence-corrected chi connectivity index (χ4v) is 8.56. The average molecular weight is 732 g/mol. The molecular formula is C28H21BBrCl2F3N2O8. The number of amides is 4. The molecule has 2 aliphatic carbocycles. The van der Waals surface area contributed by atoms with Gasteiger partial charge in [0.05, 0.1) is 23.0 Å². The van der Waals surface area contributed by atoms with Gasteiger partial charge in [0.1, 0.15) is 11.5 Å². The number of aromatic hydroxyl groups is 1. The van der Waals surface area contributed by atoms with Crippen LogP contribution < -0.4 is 15.1 Å². The van der Waals surface area contributed by atoms with Gasteiger partial charge in [-0.25, -0.2) is 0 Å². The second-order valence-electron chi connectivity index (χ2n) is 11.2. The zero-order valence-corrected chi connectivity index (χ0v) is 25.8. The maximum absolute atomic E-state index is 14.1. The summed E-state index contributed by atoms with van der Waals surface area (Å²) in [5.41, 5.74) is -0.299. The molecule has 10 nitrogen and oxygen atoms in total. The quantitative estimate of drug-likeness (QED) is 0.140. The molecule has 2 saturated heterocycles. The molecule has 3 N–H and O–H groups in total. The minimum absolute atomic E-state index is 0.0208. The Morgan fingerprint density at radius 2 is 1.73 bits per heavy atom. The number of imide groups is 2. The summed E-state index contributed by atoms with van der Waals surface area (Å²) in [5.74, 6) is -9.16. The highest BCUT2D eigenvalue weighted by atomic mass is 79.9. The van der Waals surface area contributed by atoms with Gasteiger partial charge in [0, 0.05) is 11.5 Å². The molecule has 4 aliphatic rings. The second-order valence-corrected chi connectivity index (χ2v) is 13.0. The van der Waals surface area contributed by atoms with Gasteiger partial charge in [-0.2, -0.15) is 0 Å². The number of hydrogen-bond donors (Lipinski definition) is 3. The van der Waals surface area contributed by atoms with E-state index in [-0.39, 0.29) is 34.2 Å². The van der Waals surface area contributed by atoms with E-state index in [1.165, 1.54) is 24.3 Å². The topological polar surface area (TPSA) is 145 Å². The van der Waals surface area contributed by atoms with Gasteiger partial charge in [-0.05, 0) is 54.6 Å². The lowest BCUT2D eigenvalue weighted by molar-refractivity contribution is -0.274. The number of allylic oxidation sites excluding steroid dienone is 2. The number of carbonyl (C=O) groups is 4. The molecule has 0 spiro atoms. The fraction of sp³-hybridized carbons (Fsp3) is 0.357. The summed E-state index contributed by atoms with van der Waals surface area (Å²) in [6, 6.07) is 8.13. The van der Waals surface area contributed by atoms with Crippen LogP contribution in [0.1, 0.15) is 24.3 Å². The van der Waals surface area contributed by atoms with E-state index < -0.39 is 88.4 Å². The van der Waals surface area contributed by atoms with Gasteiger partial charge in [-0.3, -0.25) is 29.0 Å². The number of anilines is 1. The third-order valence-corrected chi connectivity index (χ3v) is 10.9. The van der Waals surface area contributed by atoms with Crippen molar-refractivity contribution in [3.05, 3.63) is 59.7 Å². The van der Waals surface area contributed by atoms with Crippen molar-refractivity contribution < 1.29 is 52.2 Å². The van der Waals surface area contributed by atoms with Gasteiger partial charge in [-0.15, -0.1) is 36.4 Å². The average Bonchev–Trinajstić information content (AvgIpc) is 3.31. The molecule has 45 heavy (non-hydrogen) atoms. The second kappa shape index (κ2) is 10.7.